The van der Waals surface area contributed by atoms with E-state index < -0.39 is 33.4 Å². The first kappa shape index (κ1) is 22.9. The molecule has 2 aromatic carbocycles. The first-order valence-corrected chi connectivity index (χ1v) is 10.5. The Kier molecular flexibility index (Phi) is 6.44. The molecule has 0 radical (unpaired) electrons. The number of amides is 1. The molecule has 2 aromatic rings. The van der Waals surface area contributed by atoms with Crippen molar-refractivity contribution in [2.45, 2.75) is 43.4 Å². The molecule has 29 heavy (non-hydrogen) atoms. The summed E-state index contributed by atoms with van der Waals surface area (Å²) in [6, 6.07) is 10.7. The lowest BCUT2D eigenvalue weighted by atomic mass is 9.95. The van der Waals surface area contributed by atoms with Crippen LogP contribution in [0.4, 0.5) is 18.9 Å². The number of aliphatic hydroxyl groups is 1. The molecule has 5 nitrogen and oxygen atoms in total. The van der Waals surface area contributed by atoms with Gasteiger partial charge in [0.2, 0.25) is 5.91 Å². The zero-order chi connectivity index (χ0) is 22.0. The number of carbonyl (C=O) groups excluding carboxylic acids is 1. The average molecular weight is 429 g/mol. The molecule has 2 N–H and O–H groups in total. The van der Waals surface area contributed by atoms with Gasteiger partial charge in [-0.1, -0.05) is 31.2 Å². The minimum Gasteiger partial charge on any atom is -0.376 e. The summed E-state index contributed by atoms with van der Waals surface area (Å²) in [4.78, 5) is 12.6. The third-order valence-corrected chi connectivity index (χ3v) is 6.53. The van der Waals surface area contributed by atoms with Crippen molar-refractivity contribution in [2.75, 3.05) is 11.1 Å². The minimum absolute atomic E-state index is 0.0282. The van der Waals surface area contributed by atoms with Crippen molar-refractivity contribution in [3.8, 4) is 0 Å². The van der Waals surface area contributed by atoms with Crippen molar-refractivity contribution in [3.05, 3.63) is 59.7 Å². The number of halogens is 3. The highest BCUT2D eigenvalue weighted by atomic mass is 32.2. The molecule has 0 fully saturated rings. The van der Waals surface area contributed by atoms with Crippen LogP contribution in [0.5, 0.6) is 0 Å². The van der Waals surface area contributed by atoms with E-state index in [0.717, 1.165) is 12.1 Å². The fourth-order valence-electron chi connectivity index (χ4n) is 2.57. The zero-order valence-electron chi connectivity index (χ0n) is 16.1. The SMILES string of the molecule is CCS(=O)(=O)c1ccc(C(C)C(=O)Nc2ccc(C(C)(O)C(F)(F)F)cc2)cc1. The van der Waals surface area contributed by atoms with Crippen molar-refractivity contribution in [1.82, 2.24) is 0 Å². The predicted molar refractivity (Wildman–Crippen MR) is 103 cm³/mol. The van der Waals surface area contributed by atoms with Gasteiger partial charge in [-0.2, -0.15) is 13.2 Å². The number of hydrogen-bond acceptors (Lipinski definition) is 4. The van der Waals surface area contributed by atoms with E-state index in [1.165, 1.54) is 24.3 Å². The zero-order valence-corrected chi connectivity index (χ0v) is 16.9. The van der Waals surface area contributed by atoms with Crippen LogP contribution in [-0.2, 0) is 20.2 Å². The number of hydrogen-bond donors (Lipinski definition) is 2. The first-order chi connectivity index (χ1) is 13.3. The van der Waals surface area contributed by atoms with Crippen LogP contribution in [0, 0.1) is 0 Å². The predicted octanol–water partition coefficient (Wildman–Crippen LogP) is 3.99. The quantitative estimate of drug-likeness (QED) is 0.727. The molecule has 0 bridgehead atoms. The number of carbonyl (C=O) groups is 1. The lowest BCUT2D eigenvalue weighted by Gasteiger charge is -2.26. The van der Waals surface area contributed by atoms with Crippen LogP contribution >= 0.6 is 0 Å². The molecule has 0 aliphatic carbocycles. The van der Waals surface area contributed by atoms with Crippen LogP contribution in [-0.4, -0.2) is 31.4 Å². The largest absolute Gasteiger partial charge is 0.421 e. The molecule has 0 saturated carbocycles. The molecule has 0 saturated heterocycles. The highest BCUT2D eigenvalue weighted by molar-refractivity contribution is 7.91. The van der Waals surface area contributed by atoms with Gasteiger partial charge in [0.05, 0.1) is 16.6 Å². The van der Waals surface area contributed by atoms with Crippen LogP contribution < -0.4 is 5.32 Å². The topological polar surface area (TPSA) is 83.5 Å². The van der Waals surface area contributed by atoms with Crippen LogP contribution in [0.15, 0.2) is 53.4 Å². The molecule has 9 heteroatoms. The third kappa shape index (κ3) is 4.97. The molecular weight excluding hydrogens is 407 g/mol. The molecule has 0 heterocycles. The Morgan fingerprint density at radius 2 is 1.59 bits per heavy atom. The maximum absolute atomic E-state index is 12.9. The normalized spacial score (nSPS) is 15.4. The highest BCUT2D eigenvalue weighted by Crippen LogP contribution is 2.38. The molecule has 158 valence electrons. The second-order valence-corrected chi connectivity index (χ2v) is 9.11. The number of nitrogens with one attached hydrogen (secondary N) is 1. The fourth-order valence-corrected chi connectivity index (χ4v) is 3.46. The molecule has 2 rings (SSSR count). The van der Waals surface area contributed by atoms with Gasteiger partial charge < -0.3 is 10.4 Å². The van der Waals surface area contributed by atoms with E-state index in [1.807, 2.05) is 0 Å². The summed E-state index contributed by atoms with van der Waals surface area (Å²) in [6.45, 7) is 3.82. The Hall–Kier alpha value is -2.39. The molecular formula is C20H22F3NO4S. The maximum atomic E-state index is 12.9. The summed E-state index contributed by atoms with van der Waals surface area (Å²) >= 11 is 0. The number of benzene rings is 2. The first-order valence-electron chi connectivity index (χ1n) is 8.83. The van der Waals surface area contributed by atoms with Crippen molar-refractivity contribution in [3.63, 3.8) is 0 Å². The number of anilines is 1. The summed E-state index contributed by atoms with van der Waals surface area (Å²) in [5.41, 5.74) is -2.48. The molecule has 2 atom stereocenters. The number of sulfone groups is 1. The third-order valence-electron chi connectivity index (χ3n) is 4.78. The van der Waals surface area contributed by atoms with Crippen molar-refractivity contribution in [2.24, 2.45) is 0 Å². The molecule has 0 aromatic heterocycles. The fraction of sp³-hybridized carbons (Fsp3) is 0.350. The van der Waals surface area contributed by atoms with E-state index in [-0.39, 0.29) is 21.9 Å². The molecule has 0 aliphatic rings. The van der Waals surface area contributed by atoms with Crippen LogP contribution in [0.25, 0.3) is 0 Å². The summed E-state index contributed by atoms with van der Waals surface area (Å²) in [6.07, 6.45) is -4.83. The molecule has 1 amide bonds. The van der Waals surface area contributed by atoms with Gasteiger partial charge in [-0.25, -0.2) is 8.42 Å². The van der Waals surface area contributed by atoms with Gasteiger partial charge in [0.1, 0.15) is 0 Å². The highest BCUT2D eigenvalue weighted by Gasteiger charge is 2.51. The van der Waals surface area contributed by atoms with E-state index in [2.05, 4.69) is 5.32 Å². The molecule has 2 unspecified atom stereocenters. The van der Waals surface area contributed by atoms with E-state index in [1.54, 1.807) is 26.0 Å². The van der Waals surface area contributed by atoms with Crippen LogP contribution in [0.2, 0.25) is 0 Å². The maximum Gasteiger partial charge on any atom is 0.421 e. The van der Waals surface area contributed by atoms with Gasteiger partial charge in [-0.15, -0.1) is 0 Å². The van der Waals surface area contributed by atoms with Gasteiger partial charge in [0, 0.05) is 5.69 Å². The summed E-state index contributed by atoms with van der Waals surface area (Å²) in [7, 11) is -3.34. The van der Waals surface area contributed by atoms with Gasteiger partial charge in [0.15, 0.2) is 15.4 Å². The second-order valence-electron chi connectivity index (χ2n) is 6.83. The lowest BCUT2D eigenvalue weighted by Crippen LogP contribution is -2.39. The second kappa shape index (κ2) is 8.16. The standard InChI is InChI=1S/C20H22F3NO4S/c1-4-29(27,28)17-11-5-14(6-12-17)13(2)18(25)24-16-9-7-15(8-10-16)19(3,26)20(21,22)23/h5-13,26H,4H2,1-3H3,(H,24,25). The Balaban J connectivity index is 2.12. The number of rotatable bonds is 6. The van der Waals surface area contributed by atoms with Gasteiger partial charge in [-0.3, -0.25) is 4.79 Å². The van der Waals surface area contributed by atoms with Crippen molar-refractivity contribution >= 4 is 21.4 Å². The Bertz CT molecular complexity index is 966. The number of alkyl halides is 3. The Labute approximate surface area is 167 Å². The van der Waals surface area contributed by atoms with Gasteiger partial charge >= 0.3 is 6.18 Å². The molecule has 0 aliphatic heterocycles. The smallest absolute Gasteiger partial charge is 0.376 e. The van der Waals surface area contributed by atoms with Crippen LogP contribution in [0.1, 0.15) is 37.8 Å². The lowest BCUT2D eigenvalue weighted by molar-refractivity contribution is -0.258. The Morgan fingerprint density at radius 3 is 2.03 bits per heavy atom. The van der Waals surface area contributed by atoms with E-state index >= 15 is 0 Å². The van der Waals surface area contributed by atoms with Gasteiger partial charge in [-0.05, 0) is 49.2 Å². The van der Waals surface area contributed by atoms with E-state index in [9.17, 15) is 31.5 Å². The van der Waals surface area contributed by atoms with E-state index in [4.69, 9.17) is 0 Å². The average Bonchev–Trinajstić information content (AvgIpc) is 2.67. The van der Waals surface area contributed by atoms with Crippen LogP contribution in [0.3, 0.4) is 0 Å². The summed E-state index contributed by atoms with van der Waals surface area (Å²) < 4.78 is 62.4. The molecule has 0 spiro atoms. The monoisotopic (exact) mass is 429 g/mol. The van der Waals surface area contributed by atoms with Crippen molar-refractivity contribution in [1.29, 1.82) is 0 Å². The van der Waals surface area contributed by atoms with E-state index in [0.29, 0.717) is 12.5 Å². The minimum atomic E-state index is -4.83. The summed E-state index contributed by atoms with van der Waals surface area (Å²) in [5, 5.41) is 12.3. The van der Waals surface area contributed by atoms with Crippen molar-refractivity contribution < 1.29 is 31.5 Å². The Morgan fingerprint density at radius 1 is 1.07 bits per heavy atom. The summed E-state index contributed by atoms with van der Waals surface area (Å²) in [5.74, 6) is -1.06. The van der Waals surface area contributed by atoms with Gasteiger partial charge in [0.25, 0.3) is 0 Å².